The largest absolute Gasteiger partial charge is 0.497 e. The van der Waals surface area contributed by atoms with Gasteiger partial charge in [-0.3, -0.25) is 4.79 Å². The van der Waals surface area contributed by atoms with Crippen LogP contribution in [0.25, 0.3) is 17.2 Å². The monoisotopic (exact) mass is 468 g/mol. The Bertz CT molecular complexity index is 1400. The maximum atomic E-state index is 12.7. The molecule has 0 aliphatic carbocycles. The Balaban J connectivity index is 1.53. The molecule has 0 radical (unpaired) electrons. The Labute approximate surface area is 202 Å². The van der Waals surface area contributed by atoms with Gasteiger partial charge < -0.3 is 14.8 Å². The molecule has 0 fully saturated rings. The van der Waals surface area contributed by atoms with Gasteiger partial charge in [0.2, 0.25) is 5.91 Å². The summed E-state index contributed by atoms with van der Waals surface area (Å²) >= 11 is 0. The number of fused-ring (bicyclic) bond motifs is 1. The average Bonchev–Trinajstić information content (AvgIpc) is 3.23. The normalized spacial score (nSPS) is 14.7. The fourth-order valence-corrected chi connectivity index (χ4v) is 4.23. The van der Waals surface area contributed by atoms with Gasteiger partial charge in [0.1, 0.15) is 23.9 Å². The van der Waals surface area contributed by atoms with Crippen molar-refractivity contribution in [2.45, 2.75) is 19.3 Å². The third-order valence-electron chi connectivity index (χ3n) is 5.86. The molecule has 0 saturated heterocycles. The van der Waals surface area contributed by atoms with Crippen LogP contribution in [0.5, 0.6) is 11.5 Å². The number of nitrogens with zero attached hydrogens (tertiary/aromatic N) is 5. The first kappa shape index (κ1) is 22.3. The summed E-state index contributed by atoms with van der Waals surface area (Å²) in [6.07, 6.45) is 3.59. The highest BCUT2D eigenvalue weighted by Crippen LogP contribution is 2.40. The Hall–Kier alpha value is -4.53. The van der Waals surface area contributed by atoms with Crippen LogP contribution in [0.2, 0.25) is 0 Å². The number of hydrogen-bond acceptors (Lipinski definition) is 7. The van der Waals surface area contributed by atoms with Crippen molar-refractivity contribution in [3.8, 4) is 28.7 Å². The Morgan fingerprint density at radius 3 is 2.80 bits per heavy atom. The summed E-state index contributed by atoms with van der Waals surface area (Å²) in [6.45, 7) is 6.02. The van der Waals surface area contributed by atoms with Gasteiger partial charge in [0.15, 0.2) is 0 Å². The van der Waals surface area contributed by atoms with E-state index in [1.165, 1.54) is 0 Å². The van der Waals surface area contributed by atoms with E-state index < -0.39 is 0 Å². The molecule has 9 heteroatoms. The van der Waals surface area contributed by atoms with Crippen molar-refractivity contribution in [3.63, 3.8) is 0 Å². The van der Waals surface area contributed by atoms with Gasteiger partial charge in [-0.05, 0) is 36.8 Å². The quantitative estimate of drug-likeness (QED) is 0.408. The number of amides is 1. The van der Waals surface area contributed by atoms with E-state index in [2.05, 4.69) is 32.2 Å². The molecule has 2 aromatic carbocycles. The predicted octanol–water partition coefficient (Wildman–Crippen LogP) is 4.08. The summed E-state index contributed by atoms with van der Waals surface area (Å²) in [7, 11) is 1.61. The molecule has 1 aliphatic heterocycles. The molecule has 0 unspecified atom stereocenters. The minimum absolute atomic E-state index is 0.104. The van der Waals surface area contributed by atoms with Crippen LogP contribution in [0.4, 0.5) is 5.82 Å². The van der Waals surface area contributed by atoms with E-state index in [1.54, 1.807) is 24.1 Å². The predicted molar refractivity (Wildman–Crippen MR) is 131 cm³/mol. The highest BCUT2D eigenvalue weighted by Gasteiger charge is 2.33. The average molecular weight is 469 g/mol. The smallest absolute Gasteiger partial charge is 0.272 e. The number of hydrogen-bond donors (Lipinski definition) is 1. The molecule has 0 spiro atoms. The zero-order valence-electron chi connectivity index (χ0n) is 19.4. The molecule has 0 bridgehead atoms. The van der Waals surface area contributed by atoms with Crippen LogP contribution in [-0.2, 0) is 4.79 Å². The lowest BCUT2D eigenvalue weighted by Crippen LogP contribution is -2.25. The molecule has 1 amide bonds. The van der Waals surface area contributed by atoms with Crippen molar-refractivity contribution in [1.82, 2.24) is 25.0 Å². The summed E-state index contributed by atoms with van der Waals surface area (Å²) < 4.78 is 12.5. The van der Waals surface area contributed by atoms with E-state index in [-0.39, 0.29) is 17.8 Å². The number of aromatic nitrogens is 5. The van der Waals surface area contributed by atoms with E-state index in [0.29, 0.717) is 30.3 Å². The van der Waals surface area contributed by atoms with Crippen LogP contribution in [-0.4, -0.2) is 44.6 Å². The number of anilines is 1. The lowest BCUT2D eigenvalue weighted by Gasteiger charge is -2.24. The van der Waals surface area contributed by atoms with E-state index in [0.717, 1.165) is 28.1 Å². The van der Waals surface area contributed by atoms with Crippen LogP contribution in [0, 0.1) is 6.92 Å². The third-order valence-corrected chi connectivity index (χ3v) is 5.86. The second kappa shape index (κ2) is 9.38. The van der Waals surface area contributed by atoms with Gasteiger partial charge in [0, 0.05) is 23.5 Å². The van der Waals surface area contributed by atoms with Crippen LogP contribution < -0.4 is 14.8 Å². The van der Waals surface area contributed by atoms with Gasteiger partial charge in [-0.2, -0.15) is 14.9 Å². The van der Waals surface area contributed by atoms with Crippen molar-refractivity contribution in [3.05, 3.63) is 84.2 Å². The van der Waals surface area contributed by atoms with E-state index >= 15 is 0 Å². The van der Waals surface area contributed by atoms with Crippen LogP contribution in [0.1, 0.15) is 29.2 Å². The zero-order chi connectivity index (χ0) is 24.4. The van der Waals surface area contributed by atoms with Crippen LogP contribution >= 0.6 is 0 Å². The summed E-state index contributed by atoms with van der Waals surface area (Å²) in [5.74, 6) is 2.02. The van der Waals surface area contributed by atoms with Crippen LogP contribution in [0.3, 0.4) is 0 Å². The number of nitrogens with one attached hydrogen (secondary N) is 1. The second-order valence-corrected chi connectivity index (χ2v) is 8.11. The van der Waals surface area contributed by atoms with Crippen molar-refractivity contribution in [2.24, 2.45) is 0 Å². The van der Waals surface area contributed by atoms with Crippen molar-refractivity contribution in [2.75, 3.05) is 19.0 Å². The van der Waals surface area contributed by atoms with E-state index in [1.807, 2.05) is 55.5 Å². The minimum Gasteiger partial charge on any atom is -0.497 e. The maximum Gasteiger partial charge on any atom is 0.272 e. The summed E-state index contributed by atoms with van der Waals surface area (Å²) in [5.41, 5.74) is 4.16. The fraction of sp³-hybridized carbons (Fsp3) is 0.192. The maximum absolute atomic E-state index is 12.7. The highest BCUT2D eigenvalue weighted by molar-refractivity contribution is 5.95. The number of ether oxygens (including phenoxy) is 2. The number of carbonyl (C=O) groups excluding carboxylic acids is 1. The SMILES string of the molecule is C=CCOc1ccc([C@H]2CC(=O)Nc3c2c(C)nn3-c2nncc(-c3cccc(OC)c3)n2)cc1. The van der Waals surface area contributed by atoms with Crippen molar-refractivity contribution >= 4 is 11.7 Å². The molecular weight excluding hydrogens is 444 g/mol. The standard InChI is InChI=1S/C26H24N6O3/c1-4-12-35-19-10-8-17(9-11-19)21-14-23(33)29-25-24(21)16(2)31-32(25)26-28-22(15-27-30-26)18-6-5-7-20(13-18)34-3/h4-11,13,15,21H,1,12,14H2,2-3H3,(H,29,33)/t21-/m1/s1. The molecule has 1 atom stereocenters. The molecular formula is C26H24N6O3. The van der Waals surface area contributed by atoms with Gasteiger partial charge >= 0.3 is 0 Å². The van der Waals surface area contributed by atoms with Crippen LogP contribution in [0.15, 0.2) is 67.4 Å². The second-order valence-electron chi connectivity index (χ2n) is 8.11. The number of aryl methyl sites for hydroxylation is 1. The molecule has 2 aromatic heterocycles. The molecule has 1 N–H and O–H groups in total. The number of methoxy groups -OCH3 is 1. The van der Waals surface area contributed by atoms with E-state index in [4.69, 9.17) is 9.47 Å². The fourth-order valence-electron chi connectivity index (χ4n) is 4.23. The molecule has 9 nitrogen and oxygen atoms in total. The summed E-state index contributed by atoms with van der Waals surface area (Å²) in [5, 5.41) is 16.0. The number of benzene rings is 2. The Kier molecular flexibility index (Phi) is 5.97. The lowest BCUT2D eigenvalue weighted by molar-refractivity contribution is -0.116. The van der Waals surface area contributed by atoms with Gasteiger partial charge in [0.05, 0.1) is 24.7 Å². The molecule has 1 aliphatic rings. The molecule has 176 valence electrons. The third kappa shape index (κ3) is 4.35. The number of carbonyl (C=O) groups is 1. The lowest BCUT2D eigenvalue weighted by atomic mass is 9.86. The zero-order valence-corrected chi connectivity index (χ0v) is 19.4. The first-order valence-electron chi connectivity index (χ1n) is 11.1. The van der Waals surface area contributed by atoms with Crippen molar-refractivity contribution in [1.29, 1.82) is 0 Å². The first-order valence-corrected chi connectivity index (χ1v) is 11.1. The molecule has 3 heterocycles. The van der Waals surface area contributed by atoms with E-state index in [9.17, 15) is 4.79 Å². The topological polar surface area (TPSA) is 104 Å². The molecule has 5 rings (SSSR count). The summed E-state index contributed by atoms with van der Waals surface area (Å²) in [4.78, 5) is 17.4. The van der Waals surface area contributed by atoms with Gasteiger partial charge in [0.25, 0.3) is 5.95 Å². The Morgan fingerprint density at radius 2 is 2.03 bits per heavy atom. The van der Waals surface area contributed by atoms with Gasteiger partial charge in [-0.1, -0.05) is 36.9 Å². The molecule has 35 heavy (non-hydrogen) atoms. The molecule has 0 saturated carbocycles. The highest BCUT2D eigenvalue weighted by atomic mass is 16.5. The minimum atomic E-state index is -0.157. The Morgan fingerprint density at radius 1 is 1.20 bits per heavy atom. The first-order chi connectivity index (χ1) is 17.1. The van der Waals surface area contributed by atoms with Crippen molar-refractivity contribution < 1.29 is 14.3 Å². The number of rotatable bonds is 7. The van der Waals surface area contributed by atoms with Gasteiger partial charge in [-0.15, -0.1) is 5.10 Å². The van der Waals surface area contributed by atoms with Gasteiger partial charge in [-0.25, -0.2) is 4.98 Å². The summed E-state index contributed by atoms with van der Waals surface area (Å²) in [6, 6.07) is 15.3. The molecule has 4 aromatic rings.